The quantitative estimate of drug-likeness (QED) is 0.412. The number of rotatable bonds is 6. The Bertz CT molecular complexity index is 635. The highest BCUT2D eigenvalue weighted by Gasteiger charge is 2.66. The number of amides is 1. The topological polar surface area (TPSA) is 72.9 Å². The SMILES string of the molecule is C=C(C)C(=O)OCCCC(=O)OC1C2CC3C(=O)N(C(C)(C)C)C1C3C2. The van der Waals surface area contributed by atoms with E-state index in [9.17, 15) is 14.4 Å². The zero-order valence-corrected chi connectivity index (χ0v) is 16.1. The fraction of sp³-hybridized carbons (Fsp3) is 0.750. The summed E-state index contributed by atoms with van der Waals surface area (Å²) in [5.74, 6) is 0.222. The van der Waals surface area contributed by atoms with Crippen LogP contribution in [-0.4, -0.2) is 47.0 Å². The maximum Gasteiger partial charge on any atom is 0.333 e. The smallest absolute Gasteiger partial charge is 0.333 e. The normalized spacial score (nSPS) is 32.1. The molecule has 0 spiro atoms. The summed E-state index contributed by atoms with van der Waals surface area (Å²) in [4.78, 5) is 38.3. The maximum absolute atomic E-state index is 12.8. The first-order valence-corrected chi connectivity index (χ1v) is 9.46. The lowest BCUT2D eigenvalue weighted by atomic mass is 9.87. The molecule has 2 bridgehead atoms. The second-order valence-corrected chi connectivity index (χ2v) is 8.85. The molecule has 26 heavy (non-hydrogen) atoms. The van der Waals surface area contributed by atoms with Gasteiger partial charge in [0.15, 0.2) is 0 Å². The Morgan fingerprint density at radius 3 is 2.58 bits per heavy atom. The number of carbonyl (C=O) groups excluding carboxylic acids is 3. The standard InChI is InChI=1S/C20H29NO5/c1-11(2)19(24)25-8-6-7-15(22)26-17-12-9-13-14(10-12)18(23)21(16(13)17)20(3,4)5/h12-14,16-17H,1,6-10H2,2-5H3. The number of likely N-dealkylation sites (tertiary alicyclic amines) is 1. The monoisotopic (exact) mass is 363 g/mol. The highest BCUT2D eigenvalue weighted by molar-refractivity contribution is 5.87. The molecular weight excluding hydrogens is 334 g/mol. The summed E-state index contributed by atoms with van der Waals surface area (Å²) in [7, 11) is 0. The first kappa shape index (κ1) is 18.9. The average molecular weight is 363 g/mol. The summed E-state index contributed by atoms with van der Waals surface area (Å²) < 4.78 is 10.8. The number of hydrogen-bond donors (Lipinski definition) is 0. The Labute approximate surface area is 154 Å². The fourth-order valence-electron chi connectivity index (χ4n) is 4.89. The molecule has 0 radical (unpaired) electrons. The molecule has 0 aromatic carbocycles. The predicted molar refractivity (Wildman–Crippen MR) is 95.0 cm³/mol. The van der Waals surface area contributed by atoms with Crippen molar-refractivity contribution in [2.45, 2.75) is 71.1 Å². The van der Waals surface area contributed by atoms with Gasteiger partial charge in [0, 0.05) is 23.5 Å². The molecule has 2 aliphatic carbocycles. The van der Waals surface area contributed by atoms with Crippen molar-refractivity contribution in [2.75, 3.05) is 6.61 Å². The second kappa shape index (κ2) is 6.71. The lowest BCUT2D eigenvalue weighted by molar-refractivity contribution is -0.157. The molecule has 1 amide bonds. The number of hydrogen-bond acceptors (Lipinski definition) is 5. The van der Waals surface area contributed by atoms with Gasteiger partial charge < -0.3 is 14.4 Å². The molecule has 1 aliphatic heterocycles. The van der Waals surface area contributed by atoms with Crippen LogP contribution in [-0.2, 0) is 23.9 Å². The van der Waals surface area contributed by atoms with Gasteiger partial charge in [-0.1, -0.05) is 6.58 Å². The minimum absolute atomic E-state index is 0.0106. The van der Waals surface area contributed by atoms with Crippen LogP contribution in [0.5, 0.6) is 0 Å². The highest BCUT2D eigenvalue weighted by Crippen LogP contribution is 2.57. The number of ether oxygens (including phenoxy) is 2. The molecule has 3 fully saturated rings. The molecule has 5 atom stereocenters. The largest absolute Gasteiger partial charge is 0.462 e. The molecule has 1 heterocycles. The number of esters is 2. The maximum atomic E-state index is 12.8. The summed E-state index contributed by atoms with van der Waals surface area (Å²) in [5.41, 5.74) is 0.0762. The Balaban J connectivity index is 1.55. The fourth-order valence-corrected chi connectivity index (χ4v) is 4.89. The van der Waals surface area contributed by atoms with E-state index in [1.165, 1.54) is 0 Å². The van der Waals surface area contributed by atoms with Crippen LogP contribution >= 0.6 is 0 Å². The van der Waals surface area contributed by atoms with Crippen LogP contribution in [0.25, 0.3) is 0 Å². The third-order valence-electron chi connectivity index (χ3n) is 5.84. The molecular formula is C20H29NO5. The van der Waals surface area contributed by atoms with Gasteiger partial charge in [0.2, 0.25) is 5.91 Å². The van der Waals surface area contributed by atoms with Crippen molar-refractivity contribution < 1.29 is 23.9 Å². The Morgan fingerprint density at radius 1 is 1.27 bits per heavy atom. The van der Waals surface area contributed by atoms with Crippen LogP contribution < -0.4 is 0 Å². The van der Waals surface area contributed by atoms with Crippen molar-refractivity contribution in [3.05, 3.63) is 12.2 Å². The molecule has 0 N–H and O–H groups in total. The van der Waals surface area contributed by atoms with Gasteiger partial charge in [-0.2, -0.15) is 0 Å². The molecule has 0 aromatic heterocycles. The third-order valence-corrected chi connectivity index (χ3v) is 5.84. The van der Waals surface area contributed by atoms with E-state index in [-0.39, 0.29) is 54.4 Å². The minimum atomic E-state index is -0.442. The number of carbonyl (C=O) groups is 3. The summed E-state index contributed by atoms with van der Waals surface area (Å²) in [6, 6.07) is 0.0106. The van der Waals surface area contributed by atoms with E-state index in [1.54, 1.807) is 6.92 Å². The van der Waals surface area contributed by atoms with Crippen molar-refractivity contribution in [3.8, 4) is 0 Å². The third kappa shape index (κ3) is 3.26. The zero-order chi connectivity index (χ0) is 19.2. The summed E-state index contributed by atoms with van der Waals surface area (Å²) in [5, 5.41) is 0. The van der Waals surface area contributed by atoms with Crippen molar-refractivity contribution in [2.24, 2.45) is 17.8 Å². The van der Waals surface area contributed by atoms with Crippen molar-refractivity contribution >= 4 is 17.8 Å². The Hall–Kier alpha value is -1.85. The van der Waals surface area contributed by atoms with Gasteiger partial charge in [0.25, 0.3) is 0 Å². The van der Waals surface area contributed by atoms with Crippen LogP contribution in [0, 0.1) is 17.8 Å². The van der Waals surface area contributed by atoms with E-state index in [0.29, 0.717) is 17.9 Å². The molecule has 0 aromatic rings. The van der Waals surface area contributed by atoms with E-state index in [4.69, 9.17) is 9.47 Å². The molecule has 6 nitrogen and oxygen atoms in total. The molecule has 144 valence electrons. The summed E-state index contributed by atoms with van der Waals surface area (Å²) in [6.07, 6.45) is 2.24. The molecule has 2 saturated carbocycles. The lowest BCUT2D eigenvalue weighted by Gasteiger charge is -2.39. The molecule has 6 heteroatoms. The second-order valence-electron chi connectivity index (χ2n) is 8.85. The molecule has 3 aliphatic rings. The number of fused-ring (bicyclic) bond motifs is 1. The van der Waals surface area contributed by atoms with Crippen LogP contribution in [0.1, 0.15) is 53.4 Å². The van der Waals surface area contributed by atoms with E-state index < -0.39 is 5.97 Å². The van der Waals surface area contributed by atoms with Crippen LogP contribution in [0.2, 0.25) is 0 Å². The van der Waals surface area contributed by atoms with E-state index in [2.05, 4.69) is 6.58 Å². The molecule has 3 rings (SSSR count). The zero-order valence-electron chi connectivity index (χ0n) is 16.1. The van der Waals surface area contributed by atoms with Crippen LogP contribution in [0.3, 0.4) is 0 Å². The van der Waals surface area contributed by atoms with Gasteiger partial charge in [0.1, 0.15) is 6.10 Å². The van der Waals surface area contributed by atoms with Gasteiger partial charge in [-0.3, -0.25) is 9.59 Å². The number of nitrogens with zero attached hydrogens (tertiary/aromatic N) is 1. The van der Waals surface area contributed by atoms with E-state index in [0.717, 1.165) is 12.8 Å². The van der Waals surface area contributed by atoms with E-state index in [1.807, 2.05) is 25.7 Å². The summed E-state index contributed by atoms with van der Waals surface area (Å²) in [6.45, 7) is 11.4. The van der Waals surface area contributed by atoms with Gasteiger partial charge >= 0.3 is 11.9 Å². The highest BCUT2D eigenvalue weighted by atomic mass is 16.5. The van der Waals surface area contributed by atoms with Crippen LogP contribution in [0.15, 0.2) is 12.2 Å². The van der Waals surface area contributed by atoms with E-state index >= 15 is 0 Å². The lowest BCUT2D eigenvalue weighted by Crippen LogP contribution is -2.52. The van der Waals surface area contributed by atoms with Gasteiger partial charge in [0.05, 0.1) is 12.6 Å². The molecule has 1 saturated heterocycles. The van der Waals surface area contributed by atoms with Crippen molar-refractivity contribution in [1.82, 2.24) is 4.90 Å². The Morgan fingerprint density at radius 2 is 1.96 bits per heavy atom. The Kier molecular flexibility index (Phi) is 4.88. The predicted octanol–water partition coefficient (Wildman–Crippen LogP) is 2.46. The van der Waals surface area contributed by atoms with Crippen molar-refractivity contribution in [1.29, 1.82) is 0 Å². The van der Waals surface area contributed by atoms with Gasteiger partial charge in [-0.15, -0.1) is 0 Å². The van der Waals surface area contributed by atoms with Crippen LogP contribution in [0.4, 0.5) is 0 Å². The summed E-state index contributed by atoms with van der Waals surface area (Å²) >= 11 is 0. The minimum Gasteiger partial charge on any atom is -0.462 e. The first-order valence-electron chi connectivity index (χ1n) is 9.46. The van der Waals surface area contributed by atoms with Gasteiger partial charge in [-0.05, 0) is 58.8 Å². The first-order chi connectivity index (χ1) is 12.1. The average Bonchev–Trinajstić information content (AvgIpc) is 3.14. The van der Waals surface area contributed by atoms with Gasteiger partial charge in [-0.25, -0.2) is 4.79 Å². The van der Waals surface area contributed by atoms with Crippen molar-refractivity contribution in [3.63, 3.8) is 0 Å². The molecule has 5 unspecified atom stereocenters.